The maximum absolute atomic E-state index is 5.84. The molecule has 1 aromatic carbocycles. The van der Waals surface area contributed by atoms with Crippen molar-refractivity contribution >= 4 is 5.96 Å². The largest absolute Gasteiger partial charge is 0.378 e. The predicted octanol–water partition coefficient (Wildman–Crippen LogP) is 2.94. The maximum Gasteiger partial charge on any atom is 0.191 e. The van der Waals surface area contributed by atoms with Crippen LogP contribution in [0.25, 0.3) is 0 Å². The van der Waals surface area contributed by atoms with Crippen molar-refractivity contribution in [2.45, 2.75) is 53.3 Å². The van der Waals surface area contributed by atoms with Crippen LogP contribution in [0.3, 0.4) is 0 Å². The van der Waals surface area contributed by atoms with Crippen LogP contribution in [0.2, 0.25) is 0 Å². The zero-order valence-electron chi connectivity index (χ0n) is 19.8. The van der Waals surface area contributed by atoms with Gasteiger partial charge in [0.2, 0.25) is 0 Å². The summed E-state index contributed by atoms with van der Waals surface area (Å²) in [7, 11) is 2.20. The average molecular weight is 418 g/mol. The van der Waals surface area contributed by atoms with E-state index in [1.54, 1.807) is 0 Å². The van der Waals surface area contributed by atoms with Gasteiger partial charge in [-0.15, -0.1) is 0 Å². The van der Waals surface area contributed by atoms with Gasteiger partial charge in [-0.2, -0.15) is 0 Å². The van der Waals surface area contributed by atoms with Crippen LogP contribution in [-0.2, 0) is 17.8 Å². The van der Waals surface area contributed by atoms with Gasteiger partial charge in [0.15, 0.2) is 5.96 Å². The third-order valence-corrected chi connectivity index (χ3v) is 5.63. The number of guanidine groups is 1. The Morgan fingerprint density at radius 1 is 1.03 bits per heavy atom. The van der Waals surface area contributed by atoms with Crippen molar-refractivity contribution in [1.29, 1.82) is 0 Å². The number of likely N-dealkylation sites (N-methyl/N-ethyl adjacent to an activating group) is 1. The summed E-state index contributed by atoms with van der Waals surface area (Å²) in [6.07, 6.45) is 1.27. The summed E-state index contributed by atoms with van der Waals surface area (Å²) < 4.78 is 5.84. The van der Waals surface area contributed by atoms with Gasteiger partial charge in [0.1, 0.15) is 0 Å². The molecular formula is C24H43N5O. The smallest absolute Gasteiger partial charge is 0.191 e. The Morgan fingerprint density at radius 2 is 1.70 bits per heavy atom. The SMILES string of the molecule is CCNC(=NCc1ccc(CN2CCN(C)CC2)cc1)NCCC(OCC)C(C)C. The van der Waals surface area contributed by atoms with Crippen LogP contribution >= 0.6 is 0 Å². The van der Waals surface area contributed by atoms with E-state index in [2.05, 4.69) is 79.4 Å². The van der Waals surface area contributed by atoms with E-state index >= 15 is 0 Å². The molecule has 6 nitrogen and oxygen atoms in total. The third-order valence-electron chi connectivity index (χ3n) is 5.63. The Labute approximate surface area is 184 Å². The molecule has 1 atom stereocenters. The first kappa shape index (κ1) is 24.6. The van der Waals surface area contributed by atoms with Gasteiger partial charge >= 0.3 is 0 Å². The summed E-state index contributed by atoms with van der Waals surface area (Å²) in [6, 6.07) is 8.92. The van der Waals surface area contributed by atoms with Crippen LogP contribution in [0.1, 0.15) is 45.2 Å². The topological polar surface area (TPSA) is 52.1 Å². The minimum Gasteiger partial charge on any atom is -0.378 e. The van der Waals surface area contributed by atoms with Crippen LogP contribution in [0.5, 0.6) is 0 Å². The quantitative estimate of drug-likeness (QED) is 0.428. The Hall–Kier alpha value is -1.63. The lowest BCUT2D eigenvalue weighted by atomic mass is 10.0. The number of aliphatic imine (C=N–C) groups is 1. The number of hydrogen-bond donors (Lipinski definition) is 2. The van der Waals surface area contributed by atoms with Gasteiger partial charge in [0.05, 0.1) is 12.6 Å². The summed E-state index contributed by atoms with van der Waals surface area (Å²) in [5, 5.41) is 6.80. The van der Waals surface area contributed by atoms with Gasteiger partial charge in [-0.05, 0) is 44.4 Å². The zero-order valence-corrected chi connectivity index (χ0v) is 19.8. The minimum atomic E-state index is 0.290. The first-order chi connectivity index (χ1) is 14.5. The lowest BCUT2D eigenvalue weighted by Crippen LogP contribution is -2.43. The lowest BCUT2D eigenvalue weighted by molar-refractivity contribution is 0.0258. The van der Waals surface area contributed by atoms with Gasteiger partial charge in [-0.3, -0.25) is 4.90 Å². The van der Waals surface area contributed by atoms with Gasteiger partial charge in [0.25, 0.3) is 0 Å². The molecule has 2 N–H and O–H groups in total. The lowest BCUT2D eigenvalue weighted by Gasteiger charge is -2.32. The van der Waals surface area contributed by atoms with Crippen molar-refractivity contribution in [3.8, 4) is 0 Å². The first-order valence-electron chi connectivity index (χ1n) is 11.6. The van der Waals surface area contributed by atoms with E-state index in [9.17, 15) is 0 Å². The molecule has 0 spiro atoms. The molecular weight excluding hydrogens is 374 g/mol. The Kier molecular flexibility index (Phi) is 11.2. The fraction of sp³-hybridized carbons (Fsp3) is 0.708. The summed E-state index contributed by atoms with van der Waals surface area (Å²) in [5.41, 5.74) is 2.62. The van der Waals surface area contributed by atoms with Gasteiger partial charge < -0.3 is 20.3 Å². The highest BCUT2D eigenvalue weighted by molar-refractivity contribution is 5.79. The van der Waals surface area contributed by atoms with Gasteiger partial charge in [0, 0.05) is 52.4 Å². The molecule has 1 saturated heterocycles. The van der Waals surface area contributed by atoms with Crippen LogP contribution < -0.4 is 10.6 Å². The number of nitrogens with zero attached hydrogens (tertiary/aromatic N) is 3. The molecule has 6 heteroatoms. The van der Waals surface area contributed by atoms with E-state index in [-0.39, 0.29) is 0 Å². The number of benzene rings is 1. The highest BCUT2D eigenvalue weighted by Gasteiger charge is 2.14. The standard InChI is InChI=1S/C24H43N5O/c1-6-25-24(26-13-12-23(20(3)4)30-7-2)27-18-21-8-10-22(11-9-21)19-29-16-14-28(5)15-17-29/h8-11,20,23H,6-7,12-19H2,1-5H3,(H2,25,26,27). The fourth-order valence-electron chi connectivity index (χ4n) is 3.68. The molecule has 30 heavy (non-hydrogen) atoms. The van der Waals surface area contributed by atoms with Gasteiger partial charge in [-0.1, -0.05) is 38.1 Å². The second-order valence-corrected chi connectivity index (χ2v) is 8.54. The number of ether oxygens (including phenoxy) is 1. The van der Waals surface area contributed by atoms with Crippen molar-refractivity contribution in [3.63, 3.8) is 0 Å². The van der Waals surface area contributed by atoms with E-state index in [1.807, 2.05) is 0 Å². The second-order valence-electron chi connectivity index (χ2n) is 8.54. The molecule has 0 amide bonds. The van der Waals surface area contributed by atoms with Crippen molar-refractivity contribution in [2.75, 3.05) is 52.9 Å². The van der Waals surface area contributed by atoms with Crippen molar-refractivity contribution in [1.82, 2.24) is 20.4 Å². The minimum absolute atomic E-state index is 0.290. The van der Waals surface area contributed by atoms with E-state index < -0.39 is 0 Å². The van der Waals surface area contributed by atoms with Crippen LogP contribution in [0, 0.1) is 5.92 Å². The third kappa shape index (κ3) is 9.02. The van der Waals surface area contributed by atoms with E-state index in [0.29, 0.717) is 18.6 Å². The molecule has 0 aromatic heterocycles. The molecule has 170 valence electrons. The summed E-state index contributed by atoms with van der Waals surface area (Å²) >= 11 is 0. The number of piperazine rings is 1. The van der Waals surface area contributed by atoms with Crippen molar-refractivity contribution in [2.24, 2.45) is 10.9 Å². The van der Waals surface area contributed by atoms with Crippen LogP contribution in [-0.4, -0.2) is 74.8 Å². The molecule has 1 unspecified atom stereocenters. The highest BCUT2D eigenvalue weighted by atomic mass is 16.5. The zero-order chi connectivity index (χ0) is 21.8. The summed E-state index contributed by atoms with van der Waals surface area (Å²) in [5.74, 6) is 1.40. The predicted molar refractivity (Wildman–Crippen MR) is 127 cm³/mol. The van der Waals surface area contributed by atoms with E-state index in [4.69, 9.17) is 9.73 Å². The Morgan fingerprint density at radius 3 is 2.30 bits per heavy atom. The molecule has 0 aliphatic carbocycles. The fourth-order valence-corrected chi connectivity index (χ4v) is 3.68. The molecule has 1 heterocycles. The van der Waals surface area contributed by atoms with Crippen LogP contribution in [0.4, 0.5) is 0 Å². The first-order valence-corrected chi connectivity index (χ1v) is 11.6. The Bertz CT molecular complexity index is 609. The number of hydrogen-bond acceptors (Lipinski definition) is 4. The normalized spacial score (nSPS) is 17.3. The molecule has 1 aromatic rings. The summed E-state index contributed by atoms with van der Waals surface area (Å²) in [6.45, 7) is 17.4. The van der Waals surface area contributed by atoms with Crippen molar-refractivity contribution in [3.05, 3.63) is 35.4 Å². The van der Waals surface area contributed by atoms with E-state index in [0.717, 1.165) is 64.8 Å². The average Bonchev–Trinajstić information content (AvgIpc) is 2.74. The number of rotatable bonds is 11. The monoisotopic (exact) mass is 417 g/mol. The van der Waals surface area contributed by atoms with Crippen LogP contribution in [0.15, 0.2) is 29.3 Å². The molecule has 1 aliphatic rings. The number of nitrogens with one attached hydrogen (secondary N) is 2. The van der Waals surface area contributed by atoms with Crippen molar-refractivity contribution < 1.29 is 4.74 Å². The Balaban J connectivity index is 1.81. The highest BCUT2D eigenvalue weighted by Crippen LogP contribution is 2.11. The van der Waals surface area contributed by atoms with E-state index in [1.165, 1.54) is 11.1 Å². The van der Waals surface area contributed by atoms with Gasteiger partial charge in [-0.25, -0.2) is 4.99 Å². The molecule has 0 bridgehead atoms. The summed E-state index contributed by atoms with van der Waals surface area (Å²) in [4.78, 5) is 9.69. The molecule has 1 aliphatic heterocycles. The molecule has 0 radical (unpaired) electrons. The molecule has 2 rings (SSSR count). The molecule has 0 saturated carbocycles. The molecule has 1 fully saturated rings. The maximum atomic E-state index is 5.84. The second kappa shape index (κ2) is 13.6.